The molecule has 1 aromatic carbocycles. The van der Waals surface area contributed by atoms with E-state index >= 15 is 0 Å². The molecule has 3 nitrogen and oxygen atoms in total. The van der Waals surface area contributed by atoms with Crippen LogP contribution in [0.4, 0.5) is 0 Å². The van der Waals surface area contributed by atoms with Crippen LogP contribution in [-0.4, -0.2) is 10.8 Å². The quantitative estimate of drug-likeness (QED) is 0.712. The molecule has 1 N–H and O–H groups in total. The normalized spacial score (nSPS) is 13.6. The number of aromatic nitrogens is 1. The van der Waals surface area contributed by atoms with Gasteiger partial charge in [-0.2, -0.15) is 5.26 Å². The molecule has 1 aromatic heterocycles. The van der Waals surface area contributed by atoms with Gasteiger partial charge in [0.2, 0.25) is 0 Å². The first-order valence-electron chi connectivity index (χ1n) is 5.87. The largest absolute Gasteiger partial charge is 0.352 e. The van der Waals surface area contributed by atoms with Gasteiger partial charge in [-0.3, -0.25) is 4.79 Å². The van der Waals surface area contributed by atoms with Gasteiger partial charge in [0.1, 0.15) is 0 Å². The molecule has 0 saturated carbocycles. The van der Waals surface area contributed by atoms with Gasteiger partial charge in [-0.25, -0.2) is 0 Å². The molecule has 0 atom stereocenters. The zero-order valence-electron chi connectivity index (χ0n) is 9.71. The summed E-state index contributed by atoms with van der Waals surface area (Å²) < 4.78 is 0. The number of ketones is 1. The van der Waals surface area contributed by atoms with E-state index in [4.69, 9.17) is 5.26 Å². The van der Waals surface area contributed by atoms with Crippen molar-refractivity contribution in [2.24, 2.45) is 0 Å². The van der Waals surface area contributed by atoms with Gasteiger partial charge in [0.05, 0.1) is 5.69 Å². The van der Waals surface area contributed by atoms with E-state index in [2.05, 4.69) is 16.8 Å². The van der Waals surface area contributed by atoms with E-state index in [-0.39, 0.29) is 5.78 Å². The third kappa shape index (κ3) is 1.58. The van der Waals surface area contributed by atoms with Gasteiger partial charge in [0.15, 0.2) is 11.9 Å². The van der Waals surface area contributed by atoms with E-state index in [1.165, 1.54) is 0 Å². The fraction of sp³-hybridized carbons (Fsp3) is 0.200. The van der Waals surface area contributed by atoms with Gasteiger partial charge in [-0.1, -0.05) is 5.92 Å². The Labute approximate surface area is 104 Å². The number of rotatable bonds is 0. The third-order valence-corrected chi connectivity index (χ3v) is 3.28. The zero-order chi connectivity index (χ0) is 12.5. The van der Waals surface area contributed by atoms with Gasteiger partial charge in [0, 0.05) is 28.8 Å². The number of nitrogens with zero attached hydrogens (tertiary/aromatic N) is 1. The lowest BCUT2D eigenvalue weighted by Gasteiger charge is -2.09. The second-order valence-electron chi connectivity index (χ2n) is 4.38. The van der Waals surface area contributed by atoms with Crippen LogP contribution >= 0.6 is 0 Å². The van der Waals surface area contributed by atoms with Crippen LogP contribution in [0.5, 0.6) is 0 Å². The molecule has 0 bridgehead atoms. The maximum atomic E-state index is 11.8. The second kappa shape index (κ2) is 4.05. The number of Topliss-reactive ketones (excluding diaryl/α,β-unsaturated/α-hetero) is 1. The zero-order valence-corrected chi connectivity index (χ0v) is 9.71. The van der Waals surface area contributed by atoms with Crippen LogP contribution in [0.25, 0.3) is 10.9 Å². The molecule has 3 rings (SSSR count). The minimum absolute atomic E-state index is 0.192. The van der Waals surface area contributed by atoms with Crippen molar-refractivity contribution in [3.8, 4) is 17.9 Å². The van der Waals surface area contributed by atoms with Crippen LogP contribution in [0.1, 0.15) is 34.5 Å². The number of H-pyrrole nitrogens is 1. The summed E-state index contributed by atoms with van der Waals surface area (Å²) in [5.74, 6) is 5.36. The molecular weight excluding hydrogens is 224 g/mol. The molecule has 2 aromatic rings. The van der Waals surface area contributed by atoms with Gasteiger partial charge >= 0.3 is 0 Å². The van der Waals surface area contributed by atoms with Crippen molar-refractivity contribution in [1.29, 1.82) is 5.26 Å². The Morgan fingerprint density at radius 1 is 1.28 bits per heavy atom. The molecule has 0 saturated heterocycles. The maximum Gasteiger partial charge on any atom is 0.179 e. The minimum Gasteiger partial charge on any atom is -0.352 e. The minimum atomic E-state index is 0.192. The Morgan fingerprint density at radius 3 is 3.00 bits per heavy atom. The van der Waals surface area contributed by atoms with E-state index in [0.717, 1.165) is 40.6 Å². The van der Waals surface area contributed by atoms with Gasteiger partial charge < -0.3 is 4.98 Å². The average Bonchev–Trinajstić information content (AvgIpc) is 2.76. The summed E-state index contributed by atoms with van der Waals surface area (Å²) in [4.78, 5) is 15.0. The van der Waals surface area contributed by atoms with Crippen LogP contribution in [-0.2, 0) is 6.42 Å². The summed E-state index contributed by atoms with van der Waals surface area (Å²) in [6, 6.07) is 7.54. The fourth-order valence-electron chi connectivity index (χ4n) is 2.47. The lowest BCUT2D eigenvalue weighted by molar-refractivity contribution is 0.0968. The lowest BCUT2D eigenvalue weighted by atomic mass is 9.94. The number of nitriles is 1. The first kappa shape index (κ1) is 10.6. The standard InChI is InChI=1S/C15H10N2O/c16-8-2-3-10-6-7-13-12(9-10)11-4-1-5-14(18)15(11)17-13/h6-7,9,17H,1,4-5H2. The molecule has 0 amide bonds. The fourth-order valence-corrected chi connectivity index (χ4v) is 2.47. The second-order valence-corrected chi connectivity index (χ2v) is 4.38. The summed E-state index contributed by atoms with van der Waals surface area (Å²) in [7, 11) is 0. The van der Waals surface area contributed by atoms with Crippen LogP contribution in [0.15, 0.2) is 18.2 Å². The highest BCUT2D eigenvalue weighted by Crippen LogP contribution is 2.29. The molecule has 1 aliphatic carbocycles. The molecule has 0 spiro atoms. The number of nitrogens with one attached hydrogen (secondary N) is 1. The maximum absolute atomic E-state index is 11.8. The van der Waals surface area contributed by atoms with Crippen molar-refractivity contribution in [3.05, 3.63) is 35.0 Å². The number of carbonyl (C=O) groups excluding carboxylic acids is 1. The highest BCUT2D eigenvalue weighted by molar-refractivity contribution is 6.03. The van der Waals surface area contributed by atoms with E-state index in [0.29, 0.717) is 6.42 Å². The smallest absolute Gasteiger partial charge is 0.179 e. The van der Waals surface area contributed by atoms with Gasteiger partial charge in [-0.05, 0) is 36.6 Å². The molecule has 1 aliphatic rings. The molecule has 0 unspecified atom stereocenters. The number of hydrogen-bond acceptors (Lipinski definition) is 2. The Hall–Kier alpha value is -2.52. The molecule has 86 valence electrons. The Kier molecular flexibility index (Phi) is 2.39. The molecular formula is C15H10N2O. The van der Waals surface area contributed by atoms with Crippen molar-refractivity contribution >= 4 is 16.7 Å². The Morgan fingerprint density at radius 2 is 2.17 bits per heavy atom. The number of aryl methyl sites for hydroxylation is 1. The first-order valence-corrected chi connectivity index (χ1v) is 5.87. The lowest BCUT2D eigenvalue weighted by Crippen LogP contribution is -2.09. The van der Waals surface area contributed by atoms with E-state index in [1.54, 1.807) is 6.07 Å². The van der Waals surface area contributed by atoms with Crippen LogP contribution in [0.3, 0.4) is 0 Å². The van der Waals surface area contributed by atoms with Gasteiger partial charge in [-0.15, -0.1) is 0 Å². The van der Waals surface area contributed by atoms with E-state index in [9.17, 15) is 4.79 Å². The predicted molar refractivity (Wildman–Crippen MR) is 68.1 cm³/mol. The number of hydrogen-bond donors (Lipinski definition) is 1. The molecule has 0 radical (unpaired) electrons. The summed E-state index contributed by atoms with van der Waals surface area (Å²) >= 11 is 0. The predicted octanol–water partition coefficient (Wildman–Crippen LogP) is 2.56. The van der Waals surface area contributed by atoms with Crippen molar-refractivity contribution < 1.29 is 4.79 Å². The van der Waals surface area contributed by atoms with Crippen molar-refractivity contribution in [2.45, 2.75) is 19.3 Å². The Balaban J connectivity index is 2.22. The first-order chi connectivity index (χ1) is 8.79. The summed E-state index contributed by atoms with van der Waals surface area (Å²) in [5, 5.41) is 9.51. The van der Waals surface area contributed by atoms with Crippen molar-refractivity contribution in [1.82, 2.24) is 4.98 Å². The molecule has 1 heterocycles. The van der Waals surface area contributed by atoms with Crippen LogP contribution < -0.4 is 0 Å². The number of carbonyl (C=O) groups is 1. The number of fused-ring (bicyclic) bond motifs is 3. The van der Waals surface area contributed by atoms with E-state index < -0.39 is 0 Å². The Bertz CT molecular complexity index is 750. The molecule has 3 heteroatoms. The van der Waals surface area contributed by atoms with Crippen molar-refractivity contribution in [2.75, 3.05) is 0 Å². The topological polar surface area (TPSA) is 56.6 Å². The SMILES string of the molecule is N#CC#Cc1ccc2[nH]c3c(c2c1)CCCC3=O. The molecule has 0 fully saturated rings. The number of aromatic amines is 1. The van der Waals surface area contributed by atoms with Gasteiger partial charge in [0.25, 0.3) is 0 Å². The van der Waals surface area contributed by atoms with Crippen molar-refractivity contribution in [3.63, 3.8) is 0 Å². The highest BCUT2D eigenvalue weighted by Gasteiger charge is 2.21. The van der Waals surface area contributed by atoms with Crippen LogP contribution in [0, 0.1) is 23.2 Å². The van der Waals surface area contributed by atoms with E-state index in [1.807, 2.05) is 18.2 Å². The monoisotopic (exact) mass is 234 g/mol. The summed E-state index contributed by atoms with van der Waals surface area (Å²) in [6.07, 6.45) is 2.46. The third-order valence-electron chi connectivity index (χ3n) is 3.28. The summed E-state index contributed by atoms with van der Waals surface area (Å²) in [5.41, 5.74) is 3.63. The number of benzene rings is 1. The highest BCUT2D eigenvalue weighted by atomic mass is 16.1. The average molecular weight is 234 g/mol. The molecule has 0 aliphatic heterocycles. The summed E-state index contributed by atoms with van der Waals surface area (Å²) in [6.45, 7) is 0. The molecule has 18 heavy (non-hydrogen) atoms. The van der Waals surface area contributed by atoms with Crippen LogP contribution in [0.2, 0.25) is 0 Å².